The van der Waals surface area contributed by atoms with Crippen LogP contribution >= 0.6 is 23.5 Å². The highest BCUT2D eigenvalue weighted by Gasteiger charge is 2.24. The lowest BCUT2D eigenvalue weighted by molar-refractivity contribution is 0.521. The topological polar surface area (TPSA) is 29.9 Å². The van der Waals surface area contributed by atoms with Crippen molar-refractivity contribution in [2.24, 2.45) is 0 Å². The molecule has 1 aliphatic heterocycles. The average Bonchev–Trinajstić information content (AvgIpc) is 2.77. The molecule has 1 aromatic heterocycles. The molecule has 18 heavy (non-hydrogen) atoms. The summed E-state index contributed by atoms with van der Waals surface area (Å²) in [5, 5.41) is 8.77. The first kappa shape index (κ1) is 14.3. The van der Waals surface area contributed by atoms with Crippen molar-refractivity contribution in [2.45, 2.75) is 38.1 Å². The second-order valence-electron chi connectivity index (χ2n) is 4.68. The molecular formula is C13H23N3S2. The van der Waals surface area contributed by atoms with Gasteiger partial charge in [-0.15, -0.1) is 0 Å². The highest BCUT2D eigenvalue weighted by molar-refractivity contribution is 8.06. The fraction of sp³-hybridized carbons (Fsp3) is 0.769. The van der Waals surface area contributed by atoms with E-state index in [2.05, 4.69) is 65.6 Å². The minimum absolute atomic E-state index is 0.559. The largest absolute Gasteiger partial charge is 0.315 e. The molecule has 1 aromatic rings. The van der Waals surface area contributed by atoms with Crippen molar-refractivity contribution >= 4 is 23.5 Å². The lowest BCUT2D eigenvalue weighted by Crippen LogP contribution is -2.41. The van der Waals surface area contributed by atoms with Crippen LogP contribution in [0.2, 0.25) is 0 Å². The summed E-state index contributed by atoms with van der Waals surface area (Å²) in [7, 11) is 2.09. The van der Waals surface area contributed by atoms with E-state index in [1.807, 2.05) is 0 Å². The molecule has 1 aliphatic rings. The SMILES string of the molecule is CCn1nc(C)cc1CC(NC)C1CSCCS1. The van der Waals surface area contributed by atoms with E-state index < -0.39 is 0 Å². The number of likely N-dealkylation sites (N-methyl/N-ethyl adjacent to an activating group) is 1. The highest BCUT2D eigenvalue weighted by Crippen LogP contribution is 2.27. The number of rotatable bonds is 5. The number of thioether (sulfide) groups is 2. The zero-order valence-electron chi connectivity index (χ0n) is 11.5. The van der Waals surface area contributed by atoms with Gasteiger partial charge >= 0.3 is 0 Å². The van der Waals surface area contributed by atoms with E-state index in [9.17, 15) is 0 Å². The third-order valence-electron chi connectivity index (χ3n) is 3.38. The van der Waals surface area contributed by atoms with E-state index in [1.165, 1.54) is 23.0 Å². The zero-order valence-corrected chi connectivity index (χ0v) is 13.1. The molecule has 102 valence electrons. The van der Waals surface area contributed by atoms with Gasteiger partial charge in [0.1, 0.15) is 0 Å². The van der Waals surface area contributed by atoms with Gasteiger partial charge in [-0.05, 0) is 27.0 Å². The van der Waals surface area contributed by atoms with Crippen LogP contribution in [-0.2, 0) is 13.0 Å². The van der Waals surface area contributed by atoms with Crippen LogP contribution in [0.25, 0.3) is 0 Å². The summed E-state index contributed by atoms with van der Waals surface area (Å²) in [6.07, 6.45) is 1.09. The van der Waals surface area contributed by atoms with Crippen LogP contribution in [0.15, 0.2) is 6.07 Å². The molecule has 1 N–H and O–H groups in total. The molecule has 0 radical (unpaired) electrons. The zero-order chi connectivity index (χ0) is 13.0. The van der Waals surface area contributed by atoms with Gasteiger partial charge in [0, 0.05) is 47.2 Å². The van der Waals surface area contributed by atoms with Crippen molar-refractivity contribution in [1.29, 1.82) is 0 Å². The van der Waals surface area contributed by atoms with Crippen molar-refractivity contribution in [3.63, 3.8) is 0 Å². The van der Waals surface area contributed by atoms with Crippen LogP contribution < -0.4 is 5.32 Å². The summed E-state index contributed by atoms with van der Waals surface area (Å²) in [5.74, 6) is 3.87. The van der Waals surface area contributed by atoms with Crippen molar-refractivity contribution < 1.29 is 0 Å². The van der Waals surface area contributed by atoms with E-state index in [0.717, 1.165) is 23.9 Å². The molecule has 2 unspecified atom stereocenters. The molecule has 0 spiro atoms. The van der Waals surface area contributed by atoms with Gasteiger partial charge in [0.15, 0.2) is 0 Å². The normalized spacial score (nSPS) is 22.1. The first-order valence-electron chi connectivity index (χ1n) is 6.64. The molecule has 1 saturated heterocycles. The highest BCUT2D eigenvalue weighted by atomic mass is 32.2. The molecule has 0 aromatic carbocycles. The summed E-state index contributed by atoms with van der Waals surface area (Å²) in [6, 6.07) is 2.79. The Morgan fingerprint density at radius 2 is 2.39 bits per heavy atom. The van der Waals surface area contributed by atoms with Gasteiger partial charge in [-0.1, -0.05) is 0 Å². The van der Waals surface area contributed by atoms with E-state index in [0.29, 0.717) is 6.04 Å². The number of aryl methyl sites for hydroxylation is 2. The van der Waals surface area contributed by atoms with Crippen LogP contribution in [0.1, 0.15) is 18.3 Å². The van der Waals surface area contributed by atoms with Gasteiger partial charge in [-0.2, -0.15) is 28.6 Å². The Morgan fingerprint density at radius 3 is 3.00 bits per heavy atom. The molecule has 0 amide bonds. The van der Waals surface area contributed by atoms with Crippen molar-refractivity contribution in [2.75, 3.05) is 24.3 Å². The summed E-state index contributed by atoms with van der Waals surface area (Å²) in [6.45, 7) is 5.21. The smallest absolute Gasteiger partial charge is 0.0596 e. The van der Waals surface area contributed by atoms with E-state index in [-0.39, 0.29) is 0 Å². The average molecular weight is 285 g/mol. The number of nitrogens with one attached hydrogen (secondary N) is 1. The number of aromatic nitrogens is 2. The van der Waals surface area contributed by atoms with Crippen LogP contribution in [0.4, 0.5) is 0 Å². The van der Waals surface area contributed by atoms with Gasteiger partial charge in [0.2, 0.25) is 0 Å². The molecule has 0 aliphatic carbocycles. The quantitative estimate of drug-likeness (QED) is 0.898. The number of hydrogen-bond acceptors (Lipinski definition) is 4. The Kier molecular flexibility index (Phi) is 5.45. The monoisotopic (exact) mass is 285 g/mol. The minimum atomic E-state index is 0.559. The molecule has 0 saturated carbocycles. The maximum Gasteiger partial charge on any atom is 0.0596 e. The third-order valence-corrected chi connectivity index (χ3v) is 6.30. The predicted molar refractivity (Wildman–Crippen MR) is 82.8 cm³/mol. The van der Waals surface area contributed by atoms with E-state index in [4.69, 9.17) is 0 Å². The number of hydrogen-bond donors (Lipinski definition) is 1. The maximum atomic E-state index is 4.54. The van der Waals surface area contributed by atoms with Crippen molar-refractivity contribution in [3.05, 3.63) is 17.5 Å². The number of nitrogens with zero attached hydrogens (tertiary/aromatic N) is 2. The minimum Gasteiger partial charge on any atom is -0.315 e. The fourth-order valence-corrected chi connectivity index (χ4v) is 5.35. The third kappa shape index (κ3) is 3.45. The molecule has 0 bridgehead atoms. The van der Waals surface area contributed by atoms with Crippen LogP contribution in [0, 0.1) is 6.92 Å². The second-order valence-corrected chi connectivity index (χ2v) is 7.17. The predicted octanol–water partition coefficient (Wildman–Crippen LogP) is 2.19. The molecule has 2 atom stereocenters. The summed E-state index contributed by atoms with van der Waals surface area (Å²) in [5.41, 5.74) is 2.50. The second kappa shape index (κ2) is 6.87. The summed E-state index contributed by atoms with van der Waals surface area (Å²) >= 11 is 4.21. The Hall–Kier alpha value is -0.130. The maximum absolute atomic E-state index is 4.54. The fourth-order valence-electron chi connectivity index (χ4n) is 2.42. The van der Waals surface area contributed by atoms with E-state index in [1.54, 1.807) is 0 Å². The van der Waals surface area contributed by atoms with Crippen molar-refractivity contribution in [1.82, 2.24) is 15.1 Å². The molecule has 1 fully saturated rings. The van der Waals surface area contributed by atoms with Gasteiger partial charge in [0.25, 0.3) is 0 Å². The van der Waals surface area contributed by atoms with Crippen LogP contribution in [0.3, 0.4) is 0 Å². The molecule has 3 nitrogen and oxygen atoms in total. The lowest BCUT2D eigenvalue weighted by atomic mass is 10.1. The molecule has 2 rings (SSSR count). The van der Waals surface area contributed by atoms with Gasteiger partial charge in [-0.25, -0.2) is 0 Å². The first-order valence-corrected chi connectivity index (χ1v) is 8.85. The van der Waals surface area contributed by atoms with E-state index >= 15 is 0 Å². The standard InChI is InChI=1S/C13H23N3S2/c1-4-16-11(7-10(2)15-16)8-12(14-3)13-9-17-5-6-18-13/h7,12-14H,4-6,8-9H2,1-3H3. The van der Waals surface area contributed by atoms with Gasteiger partial charge < -0.3 is 5.32 Å². The van der Waals surface area contributed by atoms with Gasteiger partial charge in [0.05, 0.1) is 5.69 Å². The van der Waals surface area contributed by atoms with Crippen molar-refractivity contribution in [3.8, 4) is 0 Å². The van der Waals surface area contributed by atoms with Gasteiger partial charge in [-0.3, -0.25) is 4.68 Å². The lowest BCUT2D eigenvalue weighted by Gasteiger charge is -2.29. The summed E-state index contributed by atoms with van der Waals surface area (Å²) in [4.78, 5) is 0. The Labute approximate surface area is 118 Å². The Morgan fingerprint density at radius 1 is 1.56 bits per heavy atom. The van der Waals surface area contributed by atoms with Crippen LogP contribution in [-0.4, -0.2) is 45.4 Å². The Balaban J connectivity index is 2.04. The summed E-state index contributed by atoms with van der Waals surface area (Å²) < 4.78 is 2.14. The molecule has 5 heteroatoms. The molecular weight excluding hydrogens is 262 g/mol. The first-order chi connectivity index (χ1) is 8.74. The molecule has 2 heterocycles. The Bertz CT molecular complexity index is 372. The van der Waals surface area contributed by atoms with Crippen LogP contribution in [0.5, 0.6) is 0 Å².